The van der Waals surface area contributed by atoms with E-state index < -0.39 is 0 Å². The van der Waals surface area contributed by atoms with Crippen molar-refractivity contribution in [2.24, 2.45) is 5.92 Å². The van der Waals surface area contributed by atoms with Crippen molar-refractivity contribution in [3.63, 3.8) is 0 Å². The topological polar surface area (TPSA) is 40.5 Å². The monoisotopic (exact) mass is 246 g/mol. The lowest BCUT2D eigenvalue weighted by Crippen LogP contribution is -1.88. The smallest absolute Gasteiger partial charge is 0.119 e. The Hall–Kier alpha value is -1.70. The fourth-order valence-corrected chi connectivity index (χ4v) is 1.72. The van der Waals surface area contributed by atoms with E-state index in [4.69, 9.17) is 0 Å². The number of aromatic hydroxyl groups is 2. The van der Waals surface area contributed by atoms with E-state index in [1.807, 2.05) is 6.08 Å². The summed E-state index contributed by atoms with van der Waals surface area (Å²) >= 11 is 0. The highest BCUT2D eigenvalue weighted by Gasteiger charge is 1.98. The van der Waals surface area contributed by atoms with E-state index in [1.165, 1.54) is 11.6 Å². The Kier molecular flexibility index (Phi) is 5.50. The summed E-state index contributed by atoms with van der Waals surface area (Å²) in [6.45, 7) is 6.38. The van der Waals surface area contributed by atoms with Crippen molar-refractivity contribution in [1.29, 1.82) is 0 Å². The number of allylic oxidation sites excluding steroid dienone is 3. The summed E-state index contributed by atoms with van der Waals surface area (Å²) in [6.07, 6.45) is 8.47. The molecule has 1 aromatic carbocycles. The molecule has 98 valence electrons. The zero-order chi connectivity index (χ0) is 13.5. The fourth-order valence-electron chi connectivity index (χ4n) is 1.72. The van der Waals surface area contributed by atoms with Gasteiger partial charge in [0.25, 0.3) is 0 Å². The SMILES string of the molecule is CC(C)=CCCC(C)/C=C/c1cc(O)cc(O)c1. The standard InChI is InChI=1S/C16H22O2/c1-12(2)5-4-6-13(3)7-8-14-9-15(17)11-16(18)10-14/h5,7-11,13,17-18H,4,6H2,1-3H3/b8-7+. The van der Waals surface area contributed by atoms with Gasteiger partial charge >= 0.3 is 0 Å². The molecular formula is C16H22O2. The highest BCUT2D eigenvalue weighted by atomic mass is 16.3. The van der Waals surface area contributed by atoms with Crippen LogP contribution >= 0.6 is 0 Å². The molecule has 0 aromatic heterocycles. The normalized spacial score (nSPS) is 12.6. The van der Waals surface area contributed by atoms with Crippen LogP contribution in [-0.4, -0.2) is 10.2 Å². The minimum atomic E-state index is 0.0897. The zero-order valence-electron chi connectivity index (χ0n) is 11.4. The van der Waals surface area contributed by atoms with E-state index in [0.29, 0.717) is 5.92 Å². The second-order valence-corrected chi connectivity index (χ2v) is 4.98. The largest absolute Gasteiger partial charge is 0.508 e. The molecule has 1 unspecified atom stereocenters. The van der Waals surface area contributed by atoms with E-state index in [9.17, 15) is 10.2 Å². The van der Waals surface area contributed by atoms with Crippen molar-refractivity contribution in [3.05, 3.63) is 41.5 Å². The van der Waals surface area contributed by atoms with Crippen LogP contribution in [0, 0.1) is 5.92 Å². The lowest BCUT2D eigenvalue weighted by Gasteiger charge is -2.04. The van der Waals surface area contributed by atoms with Crippen LogP contribution in [0.1, 0.15) is 39.2 Å². The van der Waals surface area contributed by atoms with Gasteiger partial charge in [-0.1, -0.05) is 30.7 Å². The van der Waals surface area contributed by atoms with E-state index >= 15 is 0 Å². The molecule has 0 saturated carbocycles. The van der Waals surface area contributed by atoms with Gasteiger partial charge in [-0.3, -0.25) is 0 Å². The van der Waals surface area contributed by atoms with Crippen molar-refractivity contribution < 1.29 is 10.2 Å². The van der Waals surface area contributed by atoms with Gasteiger partial charge in [0.2, 0.25) is 0 Å². The number of hydrogen-bond donors (Lipinski definition) is 2. The lowest BCUT2D eigenvalue weighted by molar-refractivity contribution is 0.450. The third-order valence-corrected chi connectivity index (χ3v) is 2.72. The fraction of sp³-hybridized carbons (Fsp3) is 0.375. The lowest BCUT2D eigenvalue weighted by atomic mass is 10.0. The molecule has 0 aliphatic carbocycles. The molecule has 0 spiro atoms. The van der Waals surface area contributed by atoms with Crippen molar-refractivity contribution in [3.8, 4) is 11.5 Å². The van der Waals surface area contributed by atoms with Crippen LogP contribution in [0.5, 0.6) is 11.5 Å². The molecule has 1 rings (SSSR count). The minimum absolute atomic E-state index is 0.0897. The Bertz CT molecular complexity index is 420. The molecule has 0 fully saturated rings. The summed E-state index contributed by atoms with van der Waals surface area (Å²) < 4.78 is 0. The van der Waals surface area contributed by atoms with Gasteiger partial charge in [-0.15, -0.1) is 0 Å². The van der Waals surface area contributed by atoms with Crippen LogP contribution < -0.4 is 0 Å². The predicted octanol–water partition coefficient (Wildman–Crippen LogP) is 4.49. The second-order valence-electron chi connectivity index (χ2n) is 4.98. The molecule has 0 aliphatic rings. The quantitative estimate of drug-likeness (QED) is 0.751. The van der Waals surface area contributed by atoms with Crippen molar-refractivity contribution >= 4 is 6.08 Å². The van der Waals surface area contributed by atoms with Crippen LogP contribution in [0.25, 0.3) is 6.08 Å². The van der Waals surface area contributed by atoms with Gasteiger partial charge in [0.05, 0.1) is 0 Å². The maximum atomic E-state index is 9.36. The van der Waals surface area contributed by atoms with Crippen LogP contribution in [0.4, 0.5) is 0 Å². The van der Waals surface area contributed by atoms with Crippen molar-refractivity contribution in [2.75, 3.05) is 0 Å². The summed E-state index contributed by atoms with van der Waals surface area (Å²) in [5.41, 5.74) is 2.17. The zero-order valence-corrected chi connectivity index (χ0v) is 11.4. The predicted molar refractivity (Wildman–Crippen MR) is 76.6 cm³/mol. The first-order valence-corrected chi connectivity index (χ1v) is 6.32. The third-order valence-electron chi connectivity index (χ3n) is 2.72. The van der Waals surface area contributed by atoms with Gasteiger partial charge in [-0.05, 0) is 50.3 Å². The summed E-state index contributed by atoms with van der Waals surface area (Å²) in [7, 11) is 0. The van der Waals surface area contributed by atoms with Crippen molar-refractivity contribution in [2.45, 2.75) is 33.6 Å². The number of hydrogen-bond acceptors (Lipinski definition) is 2. The number of phenolic OH excluding ortho intramolecular Hbond substituents is 2. The van der Waals surface area contributed by atoms with Gasteiger partial charge in [-0.25, -0.2) is 0 Å². The Morgan fingerprint density at radius 2 is 1.78 bits per heavy atom. The first kappa shape index (κ1) is 14.4. The van der Waals surface area contributed by atoms with Gasteiger partial charge in [-0.2, -0.15) is 0 Å². The van der Waals surface area contributed by atoms with E-state index in [2.05, 4.69) is 32.9 Å². The van der Waals surface area contributed by atoms with Gasteiger partial charge in [0, 0.05) is 6.07 Å². The molecule has 0 radical (unpaired) electrons. The average Bonchev–Trinajstić information content (AvgIpc) is 2.24. The Balaban J connectivity index is 2.55. The maximum Gasteiger partial charge on any atom is 0.119 e. The second kappa shape index (κ2) is 6.90. The Morgan fingerprint density at radius 3 is 2.33 bits per heavy atom. The summed E-state index contributed by atoms with van der Waals surface area (Å²) in [5, 5.41) is 18.7. The summed E-state index contributed by atoms with van der Waals surface area (Å²) in [4.78, 5) is 0. The van der Waals surface area contributed by atoms with Gasteiger partial charge < -0.3 is 10.2 Å². The van der Waals surface area contributed by atoms with Crippen LogP contribution in [0.15, 0.2) is 35.9 Å². The highest BCUT2D eigenvalue weighted by molar-refractivity contribution is 5.54. The molecule has 1 aromatic rings. The molecule has 1 atom stereocenters. The third kappa shape index (κ3) is 5.58. The molecule has 2 nitrogen and oxygen atoms in total. The molecule has 0 bridgehead atoms. The molecule has 0 aliphatic heterocycles. The number of rotatable bonds is 5. The summed E-state index contributed by atoms with van der Waals surface area (Å²) in [6, 6.07) is 4.60. The Labute approximate surface area is 109 Å². The maximum absolute atomic E-state index is 9.36. The molecule has 2 N–H and O–H groups in total. The van der Waals surface area contributed by atoms with Crippen LogP contribution in [0.3, 0.4) is 0 Å². The number of phenols is 2. The van der Waals surface area contributed by atoms with Crippen LogP contribution in [0.2, 0.25) is 0 Å². The number of benzene rings is 1. The average molecular weight is 246 g/mol. The summed E-state index contributed by atoms with van der Waals surface area (Å²) in [5.74, 6) is 0.656. The minimum Gasteiger partial charge on any atom is -0.508 e. The van der Waals surface area contributed by atoms with E-state index in [0.717, 1.165) is 18.4 Å². The molecule has 0 saturated heterocycles. The molecule has 0 heterocycles. The molecule has 0 amide bonds. The molecule has 2 heteroatoms. The first-order chi connectivity index (χ1) is 8.47. The van der Waals surface area contributed by atoms with E-state index in [1.54, 1.807) is 12.1 Å². The van der Waals surface area contributed by atoms with Crippen LogP contribution in [-0.2, 0) is 0 Å². The highest BCUT2D eigenvalue weighted by Crippen LogP contribution is 2.22. The first-order valence-electron chi connectivity index (χ1n) is 6.32. The molecular weight excluding hydrogens is 224 g/mol. The molecule has 18 heavy (non-hydrogen) atoms. The Morgan fingerprint density at radius 1 is 1.17 bits per heavy atom. The van der Waals surface area contributed by atoms with Gasteiger partial charge in [0.15, 0.2) is 0 Å². The van der Waals surface area contributed by atoms with E-state index in [-0.39, 0.29) is 11.5 Å². The van der Waals surface area contributed by atoms with Gasteiger partial charge in [0.1, 0.15) is 11.5 Å². The van der Waals surface area contributed by atoms with Crippen molar-refractivity contribution in [1.82, 2.24) is 0 Å².